The number of unbranched alkanes of at least 4 members (excludes halogenated alkanes) is 1. The van der Waals surface area contributed by atoms with Crippen molar-refractivity contribution in [3.8, 4) is 11.3 Å². The predicted octanol–water partition coefficient (Wildman–Crippen LogP) is 4.28. The second-order valence-electron chi connectivity index (χ2n) is 7.96. The summed E-state index contributed by atoms with van der Waals surface area (Å²) in [5.74, 6) is -0.0240. The number of aromatic amines is 1. The lowest BCUT2D eigenvalue weighted by Gasteiger charge is -2.27. The summed E-state index contributed by atoms with van der Waals surface area (Å²) in [7, 11) is 0. The molecule has 0 aliphatic carbocycles. The molecule has 1 aromatic heterocycles. The molecule has 3 aromatic rings. The van der Waals surface area contributed by atoms with Crippen LogP contribution in [0.5, 0.6) is 0 Å². The van der Waals surface area contributed by atoms with Gasteiger partial charge in [0.15, 0.2) is 0 Å². The molecule has 7 nitrogen and oxygen atoms in total. The Balaban J connectivity index is 2.05. The maximum absolute atomic E-state index is 12.6. The van der Waals surface area contributed by atoms with E-state index in [0.29, 0.717) is 24.0 Å². The van der Waals surface area contributed by atoms with Crippen molar-refractivity contribution >= 4 is 28.1 Å². The number of H-pyrrole nitrogens is 1. The number of aromatic nitrogens is 2. The van der Waals surface area contributed by atoms with Crippen LogP contribution in [0.3, 0.4) is 0 Å². The maximum Gasteiger partial charge on any atom is 0.272 e. The smallest absolute Gasteiger partial charge is 0.272 e. The molecule has 7 heteroatoms. The molecule has 1 heterocycles. The van der Waals surface area contributed by atoms with Crippen LogP contribution in [0.15, 0.2) is 47.3 Å². The lowest BCUT2D eigenvalue weighted by molar-refractivity contribution is -0.116. The highest BCUT2D eigenvalue weighted by molar-refractivity contribution is 5.98. The van der Waals surface area contributed by atoms with E-state index in [9.17, 15) is 9.59 Å². The lowest BCUT2D eigenvalue weighted by atomic mass is 10.0. The number of hydrogen-bond acceptors (Lipinski definition) is 5. The molecule has 0 aliphatic rings. The van der Waals surface area contributed by atoms with Gasteiger partial charge in [0, 0.05) is 30.5 Å². The highest BCUT2D eigenvalue weighted by Crippen LogP contribution is 2.33. The number of nitrogens with zero attached hydrogens (tertiary/aromatic N) is 2. The van der Waals surface area contributed by atoms with Crippen LogP contribution in [0.4, 0.5) is 11.4 Å². The third-order valence-corrected chi connectivity index (χ3v) is 5.43. The van der Waals surface area contributed by atoms with Gasteiger partial charge in [-0.05, 0) is 50.4 Å². The Morgan fingerprint density at radius 3 is 2.47 bits per heavy atom. The van der Waals surface area contributed by atoms with Gasteiger partial charge in [-0.15, -0.1) is 0 Å². The van der Waals surface area contributed by atoms with E-state index < -0.39 is 0 Å². The van der Waals surface area contributed by atoms with Crippen molar-refractivity contribution in [1.82, 2.24) is 10.2 Å². The standard InChI is InChI=1S/C25H33N5O2/c1-3-15-30(16-4-2)22-13-12-18(17-21(22)27-23(31)11-7-8-14-26)24-19-9-5-6-10-20(19)25(32)29-28-24/h5-6,9-10,12-13,17H,3-4,7-8,11,14-16,26H2,1-2H3,(H,27,31)(H,29,32). The number of benzene rings is 2. The van der Waals surface area contributed by atoms with Crippen LogP contribution in [0, 0.1) is 0 Å². The molecule has 0 radical (unpaired) electrons. The summed E-state index contributed by atoms with van der Waals surface area (Å²) in [6.45, 7) is 6.70. The zero-order chi connectivity index (χ0) is 22.9. The largest absolute Gasteiger partial charge is 0.370 e. The van der Waals surface area contributed by atoms with E-state index >= 15 is 0 Å². The molecule has 2 aromatic carbocycles. The molecule has 0 fully saturated rings. The molecule has 0 saturated heterocycles. The summed E-state index contributed by atoms with van der Waals surface area (Å²) in [6, 6.07) is 13.4. The van der Waals surface area contributed by atoms with Gasteiger partial charge < -0.3 is 16.0 Å². The van der Waals surface area contributed by atoms with Gasteiger partial charge >= 0.3 is 0 Å². The molecule has 0 unspecified atom stereocenters. The second kappa shape index (κ2) is 11.4. The number of anilines is 2. The van der Waals surface area contributed by atoms with Crippen molar-refractivity contribution in [3.63, 3.8) is 0 Å². The van der Waals surface area contributed by atoms with E-state index in [1.807, 2.05) is 36.4 Å². The summed E-state index contributed by atoms with van der Waals surface area (Å²) in [4.78, 5) is 27.1. The Hall–Kier alpha value is -3.19. The summed E-state index contributed by atoms with van der Waals surface area (Å²) < 4.78 is 0. The Bertz CT molecular complexity index is 1100. The third-order valence-electron chi connectivity index (χ3n) is 5.43. The highest BCUT2D eigenvalue weighted by atomic mass is 16.1. The molecule has 32 heavy (non-hydrogen) atoms. The average Bonchev–Trinajstić information content (AvgIpc) is 2.80. The molecule has 0 aliphatic heterocycles. The first kappa shape index (κ1) is 23.5. The Labute approximate surface area is 189 Å². The average molecular weight is 436 g/mol. The third kappa shape index (κ3) is 5.53. The lowest BCUT2D eigenvalue weighted by Crippen LogP contribution is -2.26. The first-order valence-corrected chi connectivity index (χ1v) is 11.5. The van der Waals surface area contributed by atoms with E-state index in [1.54, 1.807) is 6.07 Å². The van der Waals surface area contributed by atoms with Crippen LogP contribution in [0.1, 0.15) is 46.0 Å². The van der Waals surface area contributed by atoms with Crippen molar-refractivity contribution in [1.29, 1.82) is 0 Å². The number of rotatable bonds is 11. The molecule has 3 rings (SSSR count). The van der Waals surface area contributed by atoms with Crippen molar-refractivity contribution < 1.29 is 4.79 Å². The highest BCUT2D eigenvalue weighted by Gasteiger charge is 2.16. The van der Waals surface area contributed by atoms with E-state index in [-0.39, 0.29) is 11.5 Å². The minimum atomic E-state index is -0.216. The number of amides is 1. The van der Waals surface area contributed by atoms with Crippen LogP contribution in [0.2, 0.25) is 0 Å². The molecule has 0 atom stereocenters. The number of fused-ring (bicyclic) bond motifs is 1. The number of carbonyl (C=O) groups is 1. The van der Waals surface area contributed by atoms with E-state index in [2.05, 4.69) is 34.3 Å². The quantitative estimate of drug-likeness (QED) is 0.390. The van der Waals surface area contributed by atoms with Crippen LogP contribution in [0.25, 0.3) is 22.0 Å². The van der Waals surface area contributed by atoms with Gasteiger partial charge in [0.1, 0.15) is 0 Å². The first-order valence-electron chi connectivity index (χ1n) is 11.5. The summed E-state index contributed by atoms with van der Waals surface area (Å²) in [5.41, 5.74) is 8.64. The number of carbonyl (C=O) groups excluding carboxylic acids is 1. The van der Waals surface area contributed by atoms with Gasteiger partial charge in [0.05, 0.1) is 22.5 Å². The number of nitrogens with two attached hydrogens (primary N) is 1. The van der Waals surface area contributed by atoms with Crippen molar-refractivity contribution in [2.45, 2.75) is 46.0 Å². The van der Waals surface area contributed by atoms with Crippen molar-refractivity contribution in [3.05, 3.63) is 52.8 Å². The van der Waals surface area contributed by atoms with Gasteiger partial charge in [-0.1, -0.05) is 38.1 Å². The van der Waals surface area contributed by atoms with Crippen molar-refractivity contribution in [2.24, 2.45) is 5.73 Å². The molecule has 1 amide bonds. The maximum atomic E-state index is 12.6. The Morgan fingerprint density at radius 1 is 1.06 bits per heavy atom. The van der Waals surface area contributed by atoms with E-state index in [1.165, 1.54) is 0 Å². The van der Waals surface area contributed by atoms with Crippen LogP contribution < -0.4 is 21.5 Å². The monoisotopic (exact) mass is 435 g/mol. The minimum Gasteiger partial charge on any atom is -0.370 e. The van der Waals surface area contributed by atoms with Crippen LogP contribution in [-0.4, -0.2) is 35.7 Å². The summed E-state index contributed by atoms with van der Waals surface area (Å²) in [5, 5.41) is 11.4. The molecule has 0 bridgehead atoms. The van der Waals surface area contributed by atoms with E-state index in [0.717, 1.165) is 61.1 Å². The van der Waals surface area contributed by atoms with Gasteiger partial charge in [-0.2, -0.15) is 5.10 Å². The fourth-order valence-electron chi connectivity index (χ4n) is 3.93. The fraction of sp³-hybridized carbons (Fsp3) is 0.400. The normalized spacial score (nSPS) is 11.0. The summed E-state index contributed by atoms with van der Waals surface area (Å²) >= 11 is 0. The van der Waals surface area contributed by atoms with Crippen LogP contribution >= 0.6 is 0 Å². The molecule has 0 saturated carbocycles. The predicted molar refractivity (Wildman–Crippen MR) is 132 cm³/mol. The topological polar surface area (TPSA) is 104 Å². The fourth-order valence-corrected chi connectivity index (χ4v) is 3.93. The molecular weight excluding hydrogens is 402 g/mol. The zero-order valence-corrected chi connectivity index (χ0v) is 19.0. The van der Waals surface area contributed by atoms with Crippen LogP contribution in [-0.2, 0) is 4.79 Å². The Kier molecular flexibility index (Phi) is 8.39. The molecule has 4 N–H and O–H groups in total. The number of hydrogen-bond donors (Lipinski definition) is 3. The zero-order valence-electron chi connectivity index (χ0n) is 19.0. The molecule has 170 valence electrons. The van der Waals surface area contributed by atoms with Gasteiger partial charge in [-0.25, -0.2) is 5.10 Å². The SMILES string of the molecule is CCCN(CCC)c1ccc(-c2n[nH]c(=O)c3ccccc23)cc1NC(=O)CCCCN. The molecule has 0 spiro atoms. The second-order valence-corrected chi connectivity index (χ2v) is 7.96. The number of nitrogens with one attached hydrogen (secondary N) is 2. The van der Waals surface area contributed by atoms with Gasteiger partial charge in [0.2, 0.25) is 5.91 Å². The van der Waals surface area contributed by atoms with E-state index in [4.69, 9.17) is 5.73 Å². The Morgan fingerprint density at radius 2 is 1.78 bits per heavy atom. The van der Waals surface area contributed by atoms with Gasteiger partial charge in [-0.3, -0.25) is 9.59 Å². The van der Waals surface area contributed by atoms with Gasteiger partial charge in [0.25, 0.3) is 5.56 Å². The minimum absolute atomic E-state index is 0.0240. The first-order chi connectivity index (χ1) is 15.6. The summed E-state index contributed by atoms with van der Waals surface area (Å²) in [6.07, 6.45) is 4.04. The molecular formula is C25H33N5O2. The van der Waals surface area contributed by atoms with Crippen molar-refractivity contribution in [2.75, 3.05) is 29.9 Å².